The average Bonchev–Trinajstić information content (AvgIpc) is 2.74. The van der Waals surface area contributed by atoms with Gasteiger partial charge in [0.05, 0.1) is 5.69 Å². The topological polar surface area (TPSA) is 29.9 Å². The third-order valence-electron chi connectivity index (χ3n) is 4.36. The van der Waals surface area contributed by atoms with Crippen LogP contribution in [-0.4, -0.2) is 16.3 Å². The van der Waals surface area contributed by atoms with E-state index in [0.29, 0.717) is 5.92 Å². The van der Waals surface area contributed by atoms with Gasteiger partial charge in [0, 0.05) is 30.9 Å². The van der Waals surface area contributed by atoms with Crippen LogP contribution >= 0.6 is 0 Å². The van der Waals surface area contributed by atoms with Crippen LogP contribution in [0.25, 0.3) is 0 Å². The van der Waals surface area contributed by atoms with Crippen molar-refractivity contribution >= 4 is 5.69 Å². The predicted molar refractivity (Wildman–Crippen MR) is 83.3 cm³/mol. The first-order valence-electron chi connectivity index (χ1n) is 7.48. The number of hydrogen-bond donors (Lipinski definition) is 1. The van der Waals surface area contributed by atoms with Crippen molar-refractivity contribution in [3.8, 4) is 0 Å². The van der Waals surface area contributed by atoms with Gasteiger partial charge in [0.25, 0.3) is 0 Å². The zero-order valence-electron chi connectivity index (χ0n) is 12.6. The van der Waals surface area contributed by atoms with Crippen LogP contribution in [0.1, 0.15) is 41.3 Å². The third kappa shape index (κ3) is 2.45. The van der Waals surface area contributed by atoms with Crippen LogP contribution in [0.15, 0.2) is 24.3 Å². The van der Waals surface area contributed by atoms with E-state index in [1.54, 1.807) is 0 Å². The van der Waals surface area contributed by atoms with Crippen molar-refractivity contribution in [2.24, 2.45) is 7.05 Å². The molecule has 1 unspecified atom stereocenters. The molecule has 0 spiro atoms. The van der Waals surface area contributed by atoms with Gasteiger partial charge in [0.1, 0.15) is 0 Å². The SMILES string of the molecule is Cc1ccc(NCC2CCCc3c(C)nn(C)c32)cc1. The minimum absolute atomic E-state index is 0.575. The Bertz CT molecular complexity index is 595. The van der Waals surface area contributed by atoms with Gasteiger partial charge < -0.3 is 5.32 Å². The molecule has 0 amide bonds. The van der Waals surface area contributed by atoms with Gasteiger partial charge >= 0.3 is 0 Å². The summed E-state index contributed by atoms with van der Waals surface area (Å²) in [5.41, 5.74) is 6.64. The number of rotatable bonds is 3. The predicted octanol–water partition coefficient (Wildman–Crippen LogP) is 3.57. The van der Waals surface area contributed by atoms with Crippen LogP contribution in [0.4, 0.5) is 5.69 Å². The molecule has 20 heavy (non-hydrogen) atoms. The summed E-state index contributed by atoms with van der Waals surface area (Å²) in [5.74, 6) is 0.575. The largest absolute Gasteiger partial charge is 0.384 e. The van der Waals surface area contributed by atoms with E-state index < -0.39 is 0 Å². The van der Waals surface area contributed by atoms with E-state index in [2.05, 4.69) is 60.3 Å². The minimum atomic E-state index is 0.575. The van der Waals surface area contributed by atoms with Crippen molar-refractivity contribution in [3.05, 3.63) is 46.8 Å². The fraction of sp³-hybridized carbons (Fsp3) is 0.471. The van der Waals surface area contributed by atoms with Crippen LogP contribution in [0, 0.1) is 13.8 Å². The lowest BCUT2D eigenvalue weighted by atomic mass is 9.86. The Kier molecular flexibility index (Phi) is 3.51. The Morgan fingerprint density at radius 1 is 1.25 bits per heavy atom. The van der Waals surface area contributed by atoms with Crippen molar-refractivity contribution in [2.75, 3.05) is 11.9 Å². The molecule has 0 saturated heterocycles. The van der Waals surface area contributed by atoms with Gasteiger partial charge in [0.15, 0.2) is 0 Å². The fourth-order valence-electron chi connectivity index (χ4n) is 3.31. The molecule has 3 heteroatoms. The number of aryl methyl sites for hydroxylation is 3. The summed E-state index contributed by atoms with van der Waals surface area (Å²) in [7, 11) is 2.08. The van der Waals surface area contributed by atoms with Crippen molar-refractivity contribution < 1.29 is 0 Å². The lowest BCUT2D eigenvalue weighted by Gasteiger charge is -2.24. The van der Waals surface area contributed by atoms with Crippen molar-refractivity contribution in [1.29, 1.82) is 0 Å². The molecular formula is C17H23N3. The number of fused-ring (bicyclic) bond motifs is 1. The summed E-state index contributed by atoms with van der Waals surface area (Å²) in [5, 5.41) is 8.18. The summed E-state index contributed by atoms with van der Waals surface area (Å²) in [6.07, 6.45) is 3.72. The molecule has 3 rings (SSSR count). The molecule has 0 saturated carbocycles. The molecule has 0 radical (unpaired) electrons. The van der Waals surface area contributed by atoms with Crippen molar-refractivity contribution in [3.63, 3.8) is 0 Å². The van der Waals surface area contributed by atoms with Crippen molar-refractivity contribution in [2.45, 2.75) is 39.0 Å². The molecule has 0 aliphatic heterocycles. The summed E-state index contributed by atoms with van der Waals surface area (Å²) in [6.45, 7) is 5.25. The lowest BCUT2D eigenvalue weighted by Crippen LogP contribution is -2.20. The van der Waals surface area contributed by atoms with Gasteiger partial charge in [0.2, 0.25) is 0 Å². The maximum absolute atomic E-state index is 4.60. The minimum Gasteiger partial charge on any atom is -0.384 e. The zero-order valence-corrected chi connectivity index (χ0v) is 12.6. The monoisotopic (exact) mass is 269 g/mol. The van der Waals surface area contributed by atoms with Gasteiger partial charge in [-0.15, -0.1) is 0 Å². The number of aromatic nitrogens is 2. The molecule has 3 nitrogen and oxygen atoms in total. The highest BCUT2D eigenvalue weighted by atomic mass is 15.3. The van der Waals surface area contributed by atoms with Crippen LogP contribution in [-0.2, 0) is 13.5 Å². The molecule has 1 atom stereocenters. The maximum Gasteiger partial charge on any atom is 0.0628 e. The quantitative estimate of drug-likeness (QED) is 0.923. The molecule has 1 aromatic heterocycles. The number of nitrogens with one attached hydrogen (secondary N) is 1. The molecule has 0 fully saturated rings. The van der Waals surface area contributed by atoms with Crippen molar-refractivity contribution in [1.82, 2.24) is 9.78 Å². The Morgan fingerprint density at radius 3 is 2.75 bits per heavy atom. The van der Waals surface area contributed by atoms with Gasteiger partial charge in [-0.1, -0.05) is 17.7 Å². The highest BCUT2D eigenvalue weighted by Crippen LogP contribution is 2.33. The second-order valence-electron chi connectivity index (χ2n) is 5.91. The van der Waals surface area contributed by atoms with Gasteiger partial charge in [-0.05, 0) is 50.8 Å². The van der Waals surface area contributed by atoms with Crippen LogP contribution in [0.3, 0.4) is 0 Å². The van der Waals surface area contributed by atoms with E-state index >= 15 is 0 Å². The zero-order chi connectivity index (χ0) is 14.1. The summed E-state index contributed by atoms with van der Waals surface area (Å²) in [4.78, 5) is 0. The summed E-state index contributed by atoms with van der Waals surface area (Å²) >= 11 is 0. The van der Waals surface area contributed by atoms with E-state index in [4.69, 9.17) is 0 Å². The normalized spacial score (nSPS) is 17.9. The second-order valence-corrected chi connectivity index (χ2v) is 5.91. The number of hydrogen-bond acceptors (Lipinski definition) is 2. The Hall–Kier alpha value is -1.77. The molecule has 1 aromatic carbocycles. The molecule has 1 heterocycles. The Labute approximate surface area is 121 Å². The molecule has 106 valence electrons. The smallest absolute Gasteiger partial charge is 0.0628 e. The molecule has 2 aromatic rings. The van der Waals surface area contributed by atoms with Crippen LogP contribution in [0.2, 0.25) is 0 Å². The first kappa shape index (κ1) is 13.2. The number of anilines is 1. The van der Waals surface area contributed by atoms with E-state index in [1.807, 2.05) is 0 Å². The maximum atomic E-state index is 4.60. The number of nitrogens with zero attached hydrogens (tertiary/aromatic N) is 2. The van der Waals surface area contributed by atoms with Gasteiger partial charge in [-0.3, -0.25) is 4.68 Å². The fourth-order valence-corrected chi connectivity index (χ4v) is 3.31. The second kappa shape index (κ2) is 5.31. The Balaban J connectivity index is 1.75. The van der Waals surface area contributed by atoms with Gasteiger partial charge in [-0.2, -0.15) is 5.10 Å². The molecular weight excluding hydrogens is 246 g/mol. The van der Waals surface area contributed by atoms with Crippen LogP contribution in [0.5, 0.6) is 0 Å². The first-order chi connectivity index (χ1) is 9.65. The third-order valence-corrected chi connectivity index (χ3v) is 4.36. The van der Waals surface area contributed by atoms with E-state index in [1.165, 1.54) is 47.5 Å². The van der Waals surface area contributed by atoms with E-state index in [0.717, 1.165) is 6.54 Å². The average molecular weight is 269 g/mol. The Morgan fingerprint density at radius 2 is 2.00 bits per heavy atom. The first-order valence-corrected chi connectivity index (χ1v) is 7.48. The summed E-state index contributed by atoms with van der Waals surface area (Å²) in [6, 6.07) is 8.63. The highest BCUT2D eigenvalue weighted by Gasteiger charge is 2.25. The highest BCUT2D eigenvalue weighted by molar-refractivity contribution is 5.45. The number of benzene rings is 1. The molecule has 1 aliphatic carbocycles. The summed E-state index contributed by atoms with van der Waals surface area (Å²) < 4.78 is 2.09. The molecule has 1 N–H and O–H groups in total. The van der Waals surface area contributed by atoms with E-state index in [9.17, 15) is 0 Å². The molecule has 0 bridgehead atoms. The van der Waals surface area contributed by atoms with Gasteiger partial charge in [-0.25, -0.2) is 0 Å². The molecule has 1 aliphatic rings. The lowest BCUT2D eigenvalue weighted by molar-refractivity contribution is 0.529. The van der Waals surface area contributed by atoms with Crippen LogP contribution < -0.4 is 5.32 Å². The van der Waals surface area contributed by atoms with E-state index in [-0.39, 0.29) is 0 Å². The standard InChI is InChI=1S/C17H23N3/c1-12-7-9-15(10-8-12)18-11-14-5-4-6-16-13(2)19-20(3)17(14)16/h7-10,14,18H,4-6,11H2,1-3H3.